The maximum atomic E-state index is 10.8. The Balaban J connectivity index is 2.58. The molecule has 0 amide bonds. The summed E-state index contributed by atoms with van der Waals surface area (Å²) in [7, 11) is 1.37. The lowest BCUT2D eigenvalue weighted by Gasteiger charge is -1.98. The quantitative estimate of drug-likeness (QED) is 0.621. The Morgan fingerprint density at radius 1 is 1.75 bits per heavy atom. The Kier molecular flexibility index (Phi) is 2.85. The van der Waals surface area contributed by atoms with E-state index < -0.39 is 0 Å². The second kappa shape index (κ2) is 3.90. The highest BCUT2D eigenvalue weighted by molar-refractivity contribution is 5.68. The number of esters is 1. The monoisotopic (exact) mass is 168 g/mol. The number of hydrogen-bond acceptors (Lipinski definition) is 3. The molecule has 0 N–H and O–H groups in total. The van der Waals surface area contributed by atoms with Crippen molar-refractivity contribution < 1.29 is 9.53 Å². The molecule has 0 bridgehead atoms. The molecule has 0 fully saturated rings. The summed E-state index contributed by atoms with van der Waals surface area (Å²) in [5, 5.41) is 4.13. The van der Waals surface area contributed by atoms with Gasteiger partial charge >= 0.3 is 5.97 Å². The molecule has 4 nitrogen and oxygen atoms in total. The van der Waals surface area contributed by atoms with E-state index in [0.717, 1.165) is 12.1 Å². The molecule has 0 spiro atoms. The van der Waals surface area contributed by atoms with Crippen molar-refractivity contribution in [2.24, 2.45) is 0 Å². The van der Waals surface area contributed by atoms with Crippen LogP contribution in [0.4, 0.5) is 0 Å². The molecule has 66 valence electrons. The molecule has 0 aliphatic carbocycles. The van der Waals surface area contributed by atoms with E-state index in [-0.39, 0.29) is 12.5 Å². The van der Waals surface area contributed by atoms with E-state index in [1.165, 1.54) is 7.11 Å². The standard InChI is InChI=1S/C8H12N2O2/c1-3-7-4-5-10(9-7)6-8(11)12-2/h4-5H,3,6H2,1-2H3. The largest absolute Gasteiger partial charge is 0.468 e. The van der Waals surface area contributed by atoms with Crippen molar-refractivity contribution in [2.75, 3.05) is 7.11 Å². The van der Waals surface area contributed by atoms with Crippen molar-refractivity contribution in [3.63, 3.8) is 0 Å². The smallest absolute Gasteiger partial charge is 0.327 e. The lowest BCUT2D eigenvalue weighted by molar-refractivity contribution is -0.141. The molecular weight excluding hydrogens is 156 g/mol. The van der Waals surface area contributed by atoms with Crippen molar-refractivity contribution in [3.8, 4) is 0 Å². The van der Waals surface area contributed by atoms with Gasteiger partial charge in [0, 0.05) is 6.20 Å². The summed E-state index contributed by atoms with van der Waals surface area (Å²) in [6, 6.07) is 1.89. The number of aromatic nitrogens is 2. The number of carbonyl (C=O) groups is 1. The predicted molar refractivity (Wildman–Crippen MR) is 43.6 cm³/mol. The first-order chi connectivity index (χ1) is 5.76. The zero-order valence-electron chi connectivity index (χ0n) is 7.28. The van der Waals surface area contributed by atoms with Crippen LogP contribution in [-0.4, -0.2) is 22.9 Å². The molecule has 0 saturated carbocycles. The first-order valence-corrected chi connectivity index (χ1v) is 3.85. The Hall–Kier alpha value is -1.32. The summed E-state index contributed by atoms with van der Waals surface area (Å²) >= 11 is 0. The third-order valence-corrected chi connectivity index (χ3v) is 1.58. The van der Waals surface area contributed by atoms with E-state index in [1.54, 1.807) is 10.9 Å². The van der Waals surface area contributed by atoms with Gasteiger partial charge < -0.3 is 4.74 Å². The minimum atomic E-state index is -0.277. The van der Waals surface area contributed by atoms with Gasteiger partial charge in [-0.25, -0.2) is 0 Å². The Morgan fingerprint density at radius 3 is 3.00 bits per heavy atom. The van der Waals surface area contributed by atoms with Crippen LogP contribution in [0.25, 0.3) is 0 Å². The van der Waals surface area contributed by atoms with Crippen LogP contribution < -0.4 is 0 Å². The number of methoxy groups -OCH3 is 1. The molecule has 12 heavy (non-hydrogen) atoms. The molecule has 1 aromatic heterocycles. The normalized spacial score (nSPS) is 9.83. The zero-order valence-corrected chi connectivity index (χ0v) is 7.28. The highest BCUT2D eigenvalue weighted by Gasteiger charge is 2.02. The van der Waals surface area contributed by atoms with Gasteiger partial charge in [-0.1, -0.05) is 6.92 Å². The molecule has 1 aromatic rings. The molecule has 0 saturated heterocycles. The van der Waals surface area contributed by atoms with Crippen LogP contribution in [0.3, 0.4) is 0 Å². The SMILES string of the molecule is CCc1ccn(CC(=O)OC)n1. The second-order valence-electron chi connectivity index (χ2n) is 2.43. The Labute approximate surface area is 71.1 Å². The third-order valence-electron chi connectivity index (χ3n) is 1.58. The molecule has 0 aliphatic heterocycles. The average molecular weight is 168 g/mol. The molecule has 1 heterocycles. The van der Waals surface area contributed by atoms with E-state index in [4.69, 9.17) is 0 Å². The lowest BCUT2D eigenvalue weighted by Crippen LogP contribution is -2.11. The first-order valence-electron chi connectivity index (χ1n) is 3.85. The number of aryl methyl sites for hydroxylation is 1. The van der Waals surface area contributed by atoms with Crippen LogP contribution in [-0.2, 0) is 22.5 Å². The second-order valence-corrected chi connectivity index (χ2v) is 2.43. The predicted octanol–water partition coefficient (Wildman–Crippen LogP) is 0.618. The number of ether oxygens (including phenoxy) is 1. The molecule has 0 unspecified atom stereocenters. The van der Waals surface area contributed by atoms with Gasteiger partial charge in [0.1, 0.15) is 6.54 Å². The fourth-order valence-corrected chi connectivity index (χ4v) is 0.877. The first kappa shape index (κ1) is 8.77. The molecule has 0 radical (unpaired) electrons. The average Bonchev–Trinajstić information content (AvgIpc) is 2.52. The van der Waals surface area contributed by atoms with Crippen molar-refractivity contribution in [3.05, 3.63) is 18.0 Å². The number of nitrogens with zero attached hydrogens (tertiary/aromatic N) is 2. The topological polar surface area (TPSA) is 44.1 Å². The van der Waals surface area contributed by atoms with E-state index >= 15 is 0 Å². The fourth-order valence-electron chi connectivity index (χ4n) is 0.877. The van der Waals surface area contributed by atoms with Gasteiger partial charge in [0.15, 0.2) is 0 Å². The van der Waals surface area contributed by atoms with Crippen LogP contribution in [0.5, 0.6) is 0 Å². The van der Waals surface area contributed by atoms with E-state index in [0.29, 0.717) is 0 Å². The van der Waals surface area contributed by atoms with Gasteiger partial charge in [0.05, 0.1) is 12.8 Å². The van der Waals surface area contributed by atoms with E-state index in [9.17, 15) is 4.79 Å². The molecule has 1 rings (SSSR count). The van der Waals surface area contributed by atoms with Gasteiger partial charge in [-0.15, -0.1) is 0 Å². The molecule has 0 aromatic carbocycles. The van der Waals surface area contributed by atoms with Gasteiger partial charge in [0.2, 0.25) is 0 Å². The number of hydrogen-bond donors (Lipinski definition) is 0. The Bertz CT molecular complexity index is 268. The van der Waals surface area contributed by atoms with E-state index in [1.807, 2.05) is 13.0 Å². The number of carbonyl (C=O) groups excluding carboxylic acids is 1. The van der Waals surface area contributed by atoms with Crippen LogP contribution in [0.2, 0.25) is 0 Å². The molecule has 0 aliphatic rings. The summed E-state index contributed by atoms with van der Waals surface area (Å²) in [5.41, 5.74) is 0.985. The molecule has 4 heteroatoms. The summed E-state index contributed by atoms with van der Waals surface area (Å²) in [5.74, 6) is -0.277. The van der Waals surface area contributed by atoms with Crippen molar-refractivity contribution >= 4 is 5.97 Å². The highest BCUT2D eigenvalue weighted by Crippen LogP contribution is 1.96. The third kappa shape index (κ3) is 2.08. The van der Waals surface area contributed by atoms with Crippen LogP contribution in [0.1, 0.15) is 12.6 Å². The van der Waals surface area contributed by atoms with Gasteiger partial charge in [-0.2, -0.15) is 5.10 Å². The zero-order chi connectivity index (χ0) is 8.97. The minimum Gasteiger partial charge on any atom is -0.468 e. The van der Waals surface area contributed by atoms with Gasteiger partial charge in [-0.05, 0) is 12.5 Å². The molecular formula is C8H12N2O2. The maximum Gasteiger partial charge on any atom is 0.327 e. The molecule has 0 atom stereocenters. The Morgan fingerprint density at radius 2 is 2.50 bits per heavy atom. The van der Waals surface area contributed by atoms with E-state index in [2.05, 4.69) is 9.84 Å². The summed E-state index contributed by atoms with van der Waals surface area (Å²) in [6.45, 7) is 2.21. The van der Waals surface area contributed by atoms with Gasteiger partial charge in [-0.3, -0.25) is 9.48 Å². The minimum absolute atomic E-state index is 0.191. The van der Waals surface area contributed by atoms with Crippen LogP contribution in [0, 0.1) is 0 Å². The highest BCUT2D eigenvalue weighted by atomic mass is 16.5. The van der Waals surface area contributed by atoms with Crippen molar-refractivity contribution in [2.45, 2.75) is 19.9 Å². The van der Waals surface area contributed by atoms with Crippen LogP contribution in [0.15, 0.2) is 12.3 Å². The van der Waals surface area contributed by atoms with Crippen LogP contribution >= 0.6 is 0 Å². The maximum absolute atomic E-state index is 10.8. The summed E-state index contributed by atoms with van der Waals surface area (Å²) in [4.78, 5) is 10.8. The van der Waals surface area contributed by atoms with Gasteiger partial charge in [0.25, 0.3) is 0 Å². The number of rotatable bonds is 3. The summed E-state index contributed by atoms with van der Waals surface area (Å²) in [6.07, 6.45) is 2.66. The van der Waals surface area contributed by atoms with Crippen molar-refractivity contribution in [1.82, 2.24) is 9.78 Å². The summed E-state index contributed by atoms with van der Waals surface area (Å²) < 4.78 is 6.07. The van der Waals surface area contributed by atoms with Crippen molar-refractivity contribution in [1.29, 1.82) is 0 Å². The lowest BCUT2D eigenvalue weighted by atomic mass is 10.4. The fraction of sp³-hybridized carbons (Fsp3) is 0.500.